The molecule has 0 amide bonds. The van der Waals surface area contributed by atoms with Crippen molar-refractivity contribution in [3.05, 3.63) is 35.1 Å². The zero-order valence-corrected chi connectivity index (χ0v) is 9.68. The Morgan fingerprint density at radius 3 is 3.00 bits per heavy atom. The van der Waals surface area contributed by atoms with Gasteiger partial charge < -0.3 is 5.73 Å². The average Bonchev–Trinajstić information content (AvgIpc) is 2.67. The second-order valence-electron chi connectivity index (χ2n) is 3.13. The highest BCUT2D eigenvalue weighted by Crippen LogP contribution is 2.19. The first-order valence-corrected chi connectivity index (χ1v) is 5.44. The summed E-state index contributed by atoms with van der Waals surface area (Å²) in [5.74, 6) is 0.727. The highest BCUT2D eigenvalue weighted by molar-refractivity contribution is 9.10. The Morgan fingerprint density at radius 2 is 2.27 bits per heavy atom. The lowest BCUT2D eigenvalue weighted by atomic mass is 10.2. The molecule has 0 unspecified atom stereocenters. The fraction of sp³-hybridized carbons (Fsp3) is 0.200. The van der Waals surface area contributed by atoms with Crippen LogP contribution in [-0.4, -0.2) is 21.3 Å². The molecule has 0 aliphatic rings. The van der Waals surface area contributed by atoms with Crippen LogP contribution in [0, 0.1) is 0 Å². The summed E-state index contributed by atoms with van der Waals surface area (Å²) < 4.78 is 2.77. The van der Waals surface area contributed by atoms with Gasteiger partial charge in [-0.1, -0.05) is 28.1 Å². The zero-order chi connectivity index (χ0) is 10.7. The van der Waals surface area contributed by atoms with Crippen molar-refractivity contribution in [3.63, 3.8) is 0 Å². The van der Waals surface area contributed by atoms with Gasteiger partial charge in [0.25, 0.3) is 0 Å². The lowest BCUT2D eigenvalue weighted by Crippen LogP contribution is -2.10. The number of nitrogens with two attached hydrogens (primary N) is 1. The fourth-order valence-corrected chi connectivity index (χ4v) is 1.69. The third-order valence-electron chi connectivity index (χ3n) is 1.98. The minimum absolute atomic E-state index is 0.571. The molecule has 5 heteroatoms. The third-order valence-corrected chi connectivity index (χ3v) is 2.47. The van der Waals surface area contributed by atoms with E-state index in [1.54, 1.807) is 11.0 Å². The molecule has 4 nitrogen and oxygen atoms in total. The van der Waals surface area contributed by atoms with Crippen LogP contribution in [-0.2, 0) is 6.54 Å². The van der Waals surface area contributed by atoms with Gasteiger partial charge in [0.15, 0.2) is 5.82 Å². The van der Waals surface area contributed by atoms with E-state index in [2.05, 4.69) is 26.0 Å². The van der Waals surface area contributed by atoms with Crippen LogP contribution in [0.3, 0.4) is 0 Å². The van der Waals surface area contributed by atoms with Gasteiger partial charge in [-0.3, -0.25) is 4.68 Å². The summed E-state index contributed by atoms with van der Waals surface area (Å²) in [6, 6.07) is 7.90. The van der Waals surface area contributed by atoms with Crippen LogP contribution in [0.15, 0.2) is 35.1 Å². The first-order chi connectivity index (χ1) is 7.29. The number of nitrogens with zero attached hydrogens (tertiary/aromatic N) is 3. The molecule has 0 bridgehead atoms. The van der Waals surface area contributed by atoms with Gasteiger partial charge >= 0.3 is 0 Å². The molecule has 0 atom stereocenters. The Morgan fingerprint density at radius 1 is 1.40 bits per heavy atom. The molecule has 2 aromatic rings. The quantitative estimate of drug-likeness (QED) is 0.920. The maximum absolute atomic E-state index is 5.44. The minimum atomic E-state index is 0.571. The summed E-state index contributed by atoms with van der Waals surface area (Å²) in [7, 11) is 0. The summed E-state index contributed by atoms with van der Waals surface area (Å²) >= 11 is 3.41. The van der Waals surface area contributed by atoms with E-state index in [4.69, 9.17) is 5.73 Å². The number of benzene rings is 1. The molecule has 0 aliphatic heterocycles. The van der Waals surface area contributed by atoms with Crippen LogP contribution in [0.2, 0.25) is 0 Å². The van der Waals surface area contributed by atoms with Crippen molar-refractivity contribution in [1.82, 2.24) is 14.8 Å². The van der Waals surface area contributed by atoms with Gasteiger partial charge in [0.1, 0.15) is 6.33 Å². The highest BCUT2D eigenvalue weighted by atomic mass is 79.9. The molecule has 1 aromatic carbocycles. The molecule has 0 fully saturated rings. The molecule has 2 rings (SSSR count). The van der Waals surface area contributed by atoms with Crippen LogP contribution in [0.5, 0.6) is 0 Å². The van der Waals surface area contributed by atoms with Crippen molar-refractivity contribution >= 4 is 15.9 Å². The first kappa shape index (κ1) is 10.3. The summed E-state index contributed by atoms with van der Waals surface area (Å²) in [6.07, 6.45) is 1.70. The van der Waals surface area contributed by atoms with Gasteiger partial charge in [-0.15, -0.1) is 0 Å². The van der Waals surface area contributed by atoms with Crippen LogP contribution < -0.4 is 5.73 Å². The summed E-state index contributed by atoms with van der Waals surface area (Å²) in [5, 5.41) is 4.32. The van der Waals surface area contributed by atoms with Crippen molar-refractivity contribution in [2.24, 2.45) is 5.73 Å². The predicted molar refractivity (Wildman–Crippen MR) is 62.2 cm³/mol. The Labute approximate surface area is 96.3 Å². The lowest BCUT2D eigenvalue weighted by Gasteiger charge is -1.96. The van der Waals surface area contributed by atoms with E-state index in [-0.39, 0.29) is 0 Å². The van der Waals surface area contributed by atoms with E-state index in [1.807, 2.05) is 24.3 Å². The highest BCUT2D eigenvalue weighted by Gasteiger charge is 2.03. The maximum atomic E-state index is 5.44. The van der Waals surface area contributed by atoms with Crippen LogP contribution in [0.4, 0.5) is 0 Å². The Balaban J connectivity index is 2.29. The molecule has 0 aliphatic carbocycles. The summed E-state index contributed by atoms with van der Waals surface area (Å²) in [5.41, 5.74) is 6.44. The van der Waals surface area contributed by atoms with Crippen molar-refractivity contribution in [3.8, 4) is 11.4 Å². The Bertz CT molecular complexity index is 452. The van der Waals surface area contributed by atoms with E-state index in [1.165, 1.54) is 0 Å². The summed E-state index contributed by atoms with van der Waals surface area (Å²) in [6.45, 7) is 1.27. The topological polar surface area (TPSA) is 56.7 Å². The molecule has 2 N–H and O–H groups in total. The van der Waals surface area contributed by atoms with E-state index < -0.39 is 0 Å². The number of rotatable bonds is 3. The second-order valence-corrected chi connectivity index (χ2v) is 4.05. The normalized spacial score (nSPS) is 10.5. The van der Waals surface area contributed by atoms with E-state index >= 15 is 0 Å². The predicted octanol–water partition coefficient (Wildman–Crippen LogP) is 1.67. The van der Waals surface area contributed by atoms with Crippen LogP contribution in [0.25, 0.3) is 11.4 Å². The number of hydrogen-bond acceptors (Lipinski definition) is 3. The van der Waals surface area contributed by atoms with Crippen LogP contribution in [0.1, 0.15) is 0 Å². The number of aromatic nitrogens is 3. The van der Waals surface area contributed by atoms with E-state index in [0.717, 1.165) is 15.9 Å². The van der Waals surface area contributed by atoms with Crippen molar-refractivity contribution in [1.29, 1.82) is 0 Å². The molecule has 1 aromatic heterocycles. The van der Waals surface area contributed by atoms with Gasteiger partial charge in [-0.2, -0.15) is 5.10 Å². The standard InChI is InChI=1S/C10H11BrN4/c11-9-3-1-2-8(6-9)10-13-7-15(14-10)5-4-12/h1-3,6-7H,4-5,12H2. The zero-order valence-electron chi connectivity index (χ0n) is 8.10. The van der Waals surface area contributed by atoms with Gasteiger partial charge in [-0.05, 0) is 12.1 Å². The smallest absolute Gasteiger partial charge is 0.181 e. The number of halogens is 1. The number of hydrogen-bond donors (Lipinski definition) is 1. The van der Waals surface area contributed by atoms with Crippen molar-refractivity contribution in [2.75, 3.05) is 6.54 Å². The molecule has 1 heterocycles. The SMILES string of the molecule is NCCn1cnc(-c2cccc(Br)c2)n1. The molecule has 15 heavy (non-hydrogen) atoms. The molecule has 0 spiro atoms. The first-order valence-electron chi connectivity index (χ1n) is 4.65. The molecular formula is C10H11BrN4. The van der Waals surface area contributed by atoms with Gasteiger partial charge in [0, 0.05) is 16.6 Å². The largest absolute Gasteiger partial charge is 0.329 e. The van der Waals surface area contributed by atoms with Crippen LogP contribution >= 0.6 is 15.9 Å². The molecule has 0 saturated heterocycles. The molecule has 0 radical (unpaired) electrons. The lowest BCUT2D eigenvalue weighted by molar-refractivity contribution is 0.625. The molecule has 78 valence electrons. The van der Waals surface area contributed by atoms with Crippen molar-refractivity contribution in [2.45, 2.75) is 6.54 Å². The Hall–Kier alpha value is -1.20. The summed E-state index contributed by atoms with van der Waals surface area (Å²) in [4.78, 5) is 4.22. The fourth-order valence-electron chi connectivity index (χ4n) is 1.29. The van der Waals surface area contributed by atoms with Gasteiger partial charge in [-0.25, -0.2) is 4.98 Å². The minimum Gasteiger partial charge on any atom is -0.329 e. The Kier molecular flexibility index (Phi) is 3.13. The molecule has 0 saturated carbocycles. The third kappa shape index (κ3) is 2.43. The average molecular weight is 267 g/mol. The van der Waals surface area contributed by atoms with E-state index in [9.17, 15) is 0 Å². The van der Waals surface area contributed by atoms with E-state index in [0.29, 0.717) is 13.1 Å². The van der Waals surface area contributed by atoms with Gasteiger partial charge in [0.2, 0.25) is 0 Å². The monoisotopic (exact) mass is 266 g/mol. The second kappa shape index (κ2) is 4.55. The van der Waals surface area contributed by atoms with Gasteiger partial charge in [0.05, 0.1) is 6.54 Å². The van der Waals surface area contributed by atoms with Crippen molar-refractivity contribution < 1.29 is 0 Å². The molecular weight excluding hydrogens is 256 g/mol. The maximum Gasteiger partial charge on any atom is 0.181 e.